The number of nitriles is 1. The number of pyridine rings is 1. The van der Waals surface area contributed by atoms with Crippen LogP contribution in [0.15, 0.2) is 35.3 Å². The van der Waals surface area contributed by atoms with Crippen LogP contribution in [0.25, 0.3) is 11.1 Å². The SMILES string of the molecule is COc1cc(C(C)C)ccc1-c1cc[nH]c(=O)c1C#N. The van der Waals surface area contributed by atoms with E-state index >= 15 is 0 Å². The lowest BCUT2D eigenvalue weighted by molar-refractivity contribution is 0.415. The zero-order valence-electron chi connectivity index (χ0n) is 11.7. The third-order valence-corrected chi connectivity index (χ3v) is 3.26. The van der Waals surface area contributed by atoms with Crippen molar-refractivity contribution in [3.63, 3.8) is 0 Å². The first-order chi connectivity index (χ1) is 9.58. The van der Waals surface area contributed by atoms with E-state index in [0.717, 1.165) is 11.1 Å². The average Bonchev–Trinajstić information content (AvgIpc) is 2.46. The molecule has 1 aromatic heterocycles. The zero-order chi connectivity index (χ0) is 14.7. The van der Waals surface area contributed by atoms with Crippen molar-refractivity contribution in [2.45, 2.75) is 19.8 Å². The van der Waals surface area contributed by atoms with Crippen LogP contribution in [0.3, 0.4) is 0 Å². The van der Waals surface area contributed by atoms with Gasteiger partial charge >= 0.3 is 0 Å². The van der Waals surface area contributed by atoms with Gasteiger partial charge in [-0.2, -0.15) is 5.26 Å². The molecular weight excluding hydrogens is 252 g/mol. The van der Waals surface area contributed by atoms with Gasteiger partial charge in [-0.25, -0.2) is 0 Å². The summed E-state index contributed by atoms with van der Waals surface area (Å²) in [6.45, 7) is 4.20. The van der Waals surface area contributed by atoms with Gasteiger partial charge in [-0.15, -0.1) is 0 Å². The quantitative estimate of drug-likeness (QED) is 0.930. The third-order valence-electron chi connectivity index (χ3n) is 3.26. The Hall–Kier alpha value is -2.54. The summed E-state index contributed by atoms with van der Waals surface area (Å²) in [7, 11) is 1.59. The van der Waals surface area contributed by atoms with Gasteiger partial charge in [-0.3, -0.25) is 4.79 Å². The molecule has 0 bridgehead atoms. The summed E-state index contributed by atoms with van der Waals surface area (Å²) >= 11 is 0. The fourth-order valence-electron chi connectivity index (χ4n) is 2.10. The highest BCUT2D eigenvalue weighted by molar-refractivity contribution is 5.75. The first-order valence-corrected chi connectivity index (χ1v) is 6.38. The number of aromatic nitrogens is 1. The predicted octanol–water partition coefficient (Wildman–Crippen LogP) is 3.05. The molecule has 0 saturated carbocycles. The van der Waals surface area contributed by atoms with Gasteiger partial charge in [-0.1, -0.05) is 26.0 Å². The first kappa shape index (κ1) is 13.9. The molecule has 0 aliphatic rings. The summed E-state index contributed by atoms with van der Waals surface area (Å²) in [5.74, 6) is 1.05. The van der Waals surface area contributed by atoms with E-state index in [1.54, 1.807) is 13.2 Å². The molecule has 0 amide bonds. The number of nitrogens with zero attached hydrogens (tertiary/aromatic N) is 1. The fourth-order valence-corrected chi connectivity index (χ4v) is 2.10. The van der Waals surface area contributed by atoms with E-state index in [-0.39, 0.29) is 11.1 Å². The molecule has 102 valence electrons. The number of nitrogens with one attached hydrogen (secondary N) is 1. The molecule has 0 radical (unpaired) electrons. The van der Waals surface area contributed by atoms with Gasteiger partial charge in [0, 0.05) is 17.3 Å². The smallest absolute Gasteiger partial charge is 0.266 e. The molecule has 0 aliphatic heterocycles. The van der Waals surface area contributed by atoms with Crippen molar-refractivity contribution in [2.75, 3.05) is 7.11 Å². The van der Waals surface area contributed by atoms with E-state index in [9.17, 15) is 4.79 Å². The van der Waals surface area contributed by atoms with Gasteiger partial charge < -0.3 is 9.72 Å². The Morgan fingerprint density at radius 2 is 2.00 bits per heavy atom. The topological polar surface area (TPSA) is 65.9 Å². The average molecular weight is 268 g/mol. The highest BCUT2D eigenvalue weighted by atomic mass is 16.5. The van der Waals surface area contributed by atoms with Crippen molar-refractivity contribution in [2.24, 2.45) is 0 Å². The van der Waals surface area contributed by atoms with Gasteiger partial charge in [0.2, 0.25) is 0 Å². The number of hydrogen-bond donors (Lipinski definition) is 1. The van der Waals surface area contributed by atoms with Crippen LogP contribution in [0.1, 0.15) is 30.9 Å². The van der Waals surface area contributed by atoms with Crippen LogP contribution in [-0.2, 0) is 0 Å². The summed E-state index contributed by atoms with van der Waals surface area (Å²) in [6, 6.07) is 9.50. The fraction of sp³-hybridized carbons (Fsp3) is 0.250. The second kappa shape index (κ2) is 5.62. The molecule has 1 aromatic carbocycles. The zero-order valence-corrected chi connectivity index (χ0v) is 11.7. The van der Waals surface area contributed by atoms with Crippen molar-refractivity contribution >= 4 is 0 Å². The molecule has 1 heterocycles. The van der Waals surface area contributed by atoms with E-state index in [1.807, 2.05) is 24.3 Å². The first-order valence-electron chi connectivity index (χ1n) is 6.38. The van der Waals surface area contributed by atoms with Crippen molar-refractivity contribution in [1.29, 1.82) is 5.26 Å². The van der Waals surface area contributed by atoms with Gasteiger partial charge in [0.15, 0.2) is 0 Å². The Balaban J connectivity index is 2.68. The Kier molecular flexibility index (Phi) is 3.90. The summed E-state index contributed by atoms with van der Waals surface area (Å²) in [5, 5.41) is 9.16. The maximum Gasteiger partial charge on any atom is 0.266 e. The molecule has 2 aromatic rings. The van der Waals surface area contributed by atoms with Crippen LogP contribution in [0.2, 0.25) is 0 Å². The van der Waals surface area contributed by atoms with Crippen molar-refractivity contribution < 1.29 is 4.74 Å². The minimum atomic E-state index is -0.389. The van der Waals surface area contributed by atoms with E-state index in [2.05, 4.69) is 18.8 Å². The van der Waals surface area contributed by atoms with E-state index in [4.69, 9.17) is 10.00 Å². The molecule has 4 nitrogen and oxygen atoms in total. The van der Waals surface area contributed by atoms with Crippen LogP contribution in [-0.4, -0.2) is 12.1 Å². The molecule has 4 heteroatoms. The van der Waals surface area contributed by atoms with Crippen molar-refractivity contribution in [3.8, 4) is 22.9 Å². The monoisotopic (exact) mass is 268 g/mol. The number of benzene rings is 1. The van der Waals surface area contributed by atoms with Crippen LogP contribution in [0.4, 0.5) is 0 Å². The molecule has 0 spiro atoms. The maximum atomic E-state index is 11.7. The van der Waals surface area contributed by atoms with Gasteiger partial charge in [0.25, 0.3) is 5.56 Å². The van der Waals surface area contributed by atoms with Crippen molar-refractivity contribution in [3.05, 3.63) is 51.9 Å². The van der Waals surface area contributed by atoms with Crippen LogP contribution < -0.4 is 10.3 Å². The molecule has 0 saturated heterocycles. The van der Waals surface area contributed by atoms with E-state index < -0.39 is 0 Å². The molecule has 20 heavy (non-hydrogen) atoms. The number of hydrogen-bond acceptors (Lipinski definition) is 3. The maximum absolute atomic E-state index is 11.7. The van der Waals surface area contributed by atoms with Crippen LogP contribution in [0.5, 0.6) is 5.75 Å². The summed E-state index contributed by atoms with van der Waals surface area (Å²) in [4.78, 5) is 14.2. The van der Waals surface area contributed by atoms with Crippen LogP contribution >= 0.6 is 0 Å². The highest BCUT2D eigenvalue weighted by Crippen LogP contribution is 2.33. The second-order valence-electron chi connectivity index (χ2n) is 4.82. The van der Waals surface area contributed by atoms with E-state index in [0.29, 0.717) is 17.2 Å². The number of methoxy groups -OCH3 is 1. The molecule has 0 unspecified atom stereocenters. The Bertz CT molecular complexity index is 724. The minimum Gasteiger partial charge on any atom is -0.496 e. The largest absolute Gasteiger partial charge is 0.496 e. The normalized spacial score (nSPS) is 10.3. The number of H-pyrrole nitrogens is 1. The molecule has 2 rings (SSSR count). The lowest BCUT2D eigenvalue weighted by Crippen LogP contribution is -2.10. The third kappa shape index (κ3) is 2.43. The molecule has 0 aliphatic carbocycles. The van der Waals surface area contributed by atoms with Crippen LogP contribution in [0, 0.1) is 11.3 Å². The summed E-state index contributed by atoms with van der Waals surface area (Å²) in [5.41, 5.74) is 2.19. The van der Waals surface area contributed by atoms with E-state index in [1.165, 1.54) is 6.20 Å². The number of aromatic amines is 1. The lowest BCUT2D eigenvalue weighted by atomic mass is 9.96. The number of ether oxygens (including phenoxy) is 1. The van der Waals surface area contributed by atoms with Gasteiger partial charge in [0.05, 0.1) is 7.11 Å². The Morgan fingerprint density at radius 3 is 2.60 bits per heavy atom. The molecule has 0 fully saturated rings. The number of rotatable bonds is 3. The molecule has 1 N–H and O–H groups in total. The molecule has 0 atom stereocenters. The van der Waals surface area contributed by atoms with Gasteiger partial charge in [0.1, 0.15) is 17.4 Å². The summed E-state index contributed by atoms with van der Waals surface area (Å²) in [6.07, 6.45) is 1.54. The van der Waals surface area contributed by atoms with Crippen molar-refractivity contribution in [1.82, 2.24) is 4.98 Å². The standard InChI is InChI=1S/C16H16N2O2/c1-10(2)11-4-5-13(15(8-11)20-3)12-6-7-18-16(19)14(12)9-17/h4-8,10H,1-3H3,(H,18,19). The minimum absolute atomic E-state index is 0.100. The van der Waals surface area contributed by atoms with Gasteiger partial charge in [-0.05, 0) is 23.6 Å². The molecular formula is C16H16N2O2. The Morgan fingerprint density at radius 1 is 1.25 bits per heavy atom. The lowest BCUT2D eigenvalue weighted by Gasteiger charge is -2.13. The highest BCUT2D eigenvalue weighted by Gasteiger charge is 2.14. The Labute approximate surface area is 117 Å². The second-order valence-corrected chi connectivity index (χ2v) is 4.82. The summed E-state index contributed by atoms with van der Waals surface area (Å²) < 4.78 is 5.41. The predicted molar refractivity (Wildman–Crippen MR) is 77.9 cm³/mol.